The van der Waals surface area contributed by atoms with Gasteiger partial charge < -0.3 is 10.2 Å². The molecule has 4 rings (SSSR count). The largest absolute Gasteiger partial charge is 0.370 e. The number of benzene rings is 2. The summed E-state index contributed by atoms with van der Waals surface area (Å²) >= 11 is 1.21. The van der Waals surface area contributed by atoms with Crippen LogP contribution in [0.4, 0.5) is 26.6 Å². The van der Waals surface area contributed by atoms with Crippen LogP contribution in [0.15, 0.2) is 60.0 Å². The number of rotatable bonds is 6. The first kappa shape index (κ1) is 23.6. The van der Waals surface area contributed by atoms with Gasteiger partial charge in [0.15, 0.2) is 5.13 Å². The molecule has 34 heavy (non-hydrogen) atoms. The third kappa shape index (κ3) is 5.69. The van der Waals surface area contributed by atoms with Gasteiger partial charge in [-0.1, -0.05) is 37.1 Å². The monoisotopic (exact) mass is 478 g/mol. The van der Waals surface area contributed by atoms with Crippen molar-refractivity contribution >= 4 is 51.4 Å². The van der Waals surface area contributed by atoms with Gasteiger partial charge in [-0.2, -0.15) is 0 Å². The summed E-state index contributed by atoms with van der Waals surface area (Å²) < 4.78 is 14.3. The van der Waals surface area contributed by atoms with Crippen LogP contribution < -0.4 is 15.1 Å². The molecule has 1 N–H and O–H groups in total. The molecule has 0 bridgehead atoms. The lowest BCUT2D eigenvalue weighted by Gasteiger charge is -2.25. The van der Waals surface area contributed by atoms with Crippen LogP contribution in [0.25, 0.3) is 6.08 Å². The minimum absolute atomic E-state index is 0.141. The highest BCUT2D eigenvalue weighted by Gasteiger charge is 2.20. The maximum Gasteiger partial charge on any atom is 0.248 e. The van der Waals surface area contributed by atoms with Crippen molar-refractivity contribution in [2.24, 2.45) is 0 Å². The molecule has 0 aliphatic carbocycles. The molecule has 0 atom stereocenters. The lowest BCUT2D eigenvalue weighted by molar-refractivity contribution is -0.116. The van der Waals surface area contributed by atoms with E-state index < -0.39 is 5.82 Å². The Morgan fingerprint density at radius 1 is 1.06 bits per heavy atom. The molecule has 0 unspecified atom stereocenters. The van der Waals surface area contributed by atoms with E-state index in [0.717, 1.165) is 37.3 Å². The van der Waals surface area contributed by atoms with Gasteiger partial charge in [-0.05, 0) is 43.2 Å². The molecule has 8 heteroatoms. The van der Waals surface area contributed by atoms with Crippen molar-refractivity contribution in [1.29, 1.82) is 0 Å². The van der Waals surface area contributed by atoms with E-state index in [9.17, 15) is 14.0 Å². The minimum atomic E-state index is -0.507. The van der Waals surface area contributed by atoms with Crippen LogP contribution in [-0.4, -0.2) is 29.9 Å². The van der Waals surface area contributed by atoms with E-state index in [1.165, 1.54) is 54.2 Å². The van der Waals surface area contributed by atoms with Crippen molar-refractivity contribution in [2.75, 3.05) is 28.2 Å². The zero-order chi connectivity index (χ0) is 23.9. The smallest absolute Gasteiger partial charge is 0.248 e. The zero-order valence-electron chi connectivity index (χ0n) is 19.0. The van der Waals surface area contributed by atoms with Gasteiger partial charge in [-0.15, -0.1) is 11.3 Å². The highest BCUT2D eigenvalue weighted by Crippen LogP contribution is 2.31. The fourth-order valence-corrected chi connectivity index (χ4v) is 4.85. The summed E-state index contributed by atoms with van der Waals surface area (Å²) in [5, 5.41) is 5.03. The first-order chi connectivity index (χ1) is 16.5. The average molecular weight is 479 g/mol. The highest BCUT2D eigenvalue weighted by atomic mass is 32.1. The molecule has 1 fully saturated rings. The van der Waals surface area contributed by atoms with E-state index in [1.54, 1.807) is 23.6 Å². The molecular formula is C26H27FN4O2S. The van der Waals surface area contributed by atoms with Crippen molar-refractivity contribution in [2.45, 2.75) is 32.6 Å². The van der Waals surface area contributed by atoms with Crippen LogP contribution in [-0.2, 0) is 9.59 Å². The standard InChI is InChI=1S/C26H27FN4O2S/c1-19(32)31(23-12-6-4-10-21(23)27)26-28-20(18-34-26)14-15-25(33)29-22-11-5-7-13-24(22)30-16-8-2-3-9-17-30/h4-7,10-15,18H,2-3,8-9,16-17H2,1H3,(H,29,33)/b15-14+. The number of hydrogen-bond donors (Lipinski definition) is 1. The van der Waals surface area contributed by atoms with Gasteiger partial charge in [0.1, 0.15) is 5.82 Å². The number of carbonyl (C=O) groups is 2. The Bertz CT molecular complexity index is 1180. The van der Waals surface area contributed by atoms with Gasteiger partial charge in [0, 0.05) is 31.5 Å². The van der Waals surface area contributed by atoms with Crippen molar-refractivity contribution in [3.63, 3.8) is 0 Å². The molecule has 1 aliphatic rings. The van der Waals surface area contributed by atoms with Gasteiger partial charge in [0.25, 0.3) is 0 Å². The van der Waals surface area contributed by atoms with Crippen molar-refractivity contribution in [3.05, 3.63) is 71.5 Å². The molecule has 2 heterocycles. The summed E-state index contributed by atoms with van der Waals surface area (Å²) in [4.78, 5) is 32.8. The third-order valence-corrected chi connectivity index (χ3v) is 6.47. The summed E-state index contributed by atoms with van der Waals surface area (Å²) in [5.41, 5.74) is 2.46. The number of anilines is 4. The van der Waals surface area contributed by atoms with E-state index in [0.29, 0.717) is 10.8 Å². The summed E-state index contributed by atoms with van der Waals surface area (Å²) in [6, 6.07) is 13.9. The molecule has 1 aliphatic heterocycles. The molecule has 1 aromatic heterocycles. The maximum atomic E-state index is 14.3. The Morgan fingerprint density at radius 3 is 2.50 bits per heavy atom. The topological polar surface area (TPSA) is 65.5 Å². The van der Waals surface area contributed by atoms with Crippen LogP contribution in [0.5, 0.6) is 0 Å². The Balaban J connectivity index is 1.47. The number of nitrogens with zero attached hydrogens (tertiary/aromatic N) is 3. The Morgan fingerprint density at radius 2 is 1.76 bits per heavy atom. The zero-order valence-corrected chi connectivity index (χ0v) is 19.9. The van der Waals surface area contributed by atoms with E-state index >= 15 is 0 Å². The van der Waals surface area contributed by atoms with E-state index in [1.807, 2.05) is 24.3 Å². The van der Waals surface area contributed by atoms with Crippen LogP contribution in [0.1, 0.15) is 38.3 Å². The second-order valence-corrected chi connectivity index (χ2v) is 8.94. The first-order valence-electron chi connectivity index (χ1n) is 11.4. The van der Waals surface area contributed by atoms with Crippen molar-refractivity contribution in [3.8, 4) is 0 Å². The Hall–Kier alpha value is -3.52. The molecule has 2 amide bonds. The predicted octanol–water partition coefficient (Wildman–Crippen LogP) is 6.00. The third-order valence-electron chi connectivity index (χ3n) is 5.62. The van der Waals surface area contributed by atoms with Gasteiger partial charge in [-0.3, -0.25) is 14.5 Å². The first-order valence-corrected chi connectivity index (χ1v) is 12.2. The molecule has 0 saturated carbocycles. The fraction of sp³-hybridized carbons (Fsp3) is 0.269. The molecule has 1 saturated heterocycles. The number of hydrogen-bond acceptors (Lipinski definition) is 5. The lowest BCUT2D eigenvalue weighted by Crippen LogP contribution is -2.25. The number of aromatic nitrogens is 1. The van der Waals surface area contributed by atoms with E-state index in [-0.39, 0.29) is 17.5 Å². The SMILES string of the molecule is CC(=O)N(c1nc(/C=C/C(=O)Nc2ccccc2N2CCCCCC2)cs1)c1ccccc1F. The fourth-order valence-electron chi connectivity index (χ4n) is 4.00. The number of amides is 2. The van der Waals surface area contributed by atoms with Crippen LogP contribution in [0.2, 0.25) is 0 Å². The van der Waals surface area contributed by atoms with Crippen molar-refractivity contribution in [1.82, 2.24) is 4.98 Å². The summed E-state index contributed by atoms with van der Waals surface area (Å²) in [7, 11) is 0. The average Bonchev–Trinajstić information content (AvgIpc) is 3.11. The Kier molecular flexibility index (Phi) is 7.69. The number of thiazole rings is 1. The minimum Gasteiger partial charge on any atom is -0.370 e. The number of para-hydroxylation sites is 3. The van der Waals surface area contributed by atoms with Crippen LogP contribution >= 0.6 is 11.3 Å². The summed E-state index contributed by atoms with van der Waals surface area (Å²) in [6.07, 6.45) is 7.78. The number of carbonyl (C=O) groups excluding carboxylic acids is 2. The van der Waals surface area contributed by atoms with Gasteiger partial charge in [-0.25, -0.2) is 9.37 Å². The summed E-state index contributed by atoms with van der Waals surface area (Å²) in [6.45, 7) is 3.33. The van der Waals surface area contributed by atoms with Gasteiger partial charge in [0.2, 0.25) is 11.8 Å². The van der Waals surface area contributed by atoms with Crippen LogP contribution in [0, 0.1) is 5.82 Å². The van der Waals surface area contributed by atoms with Gasteiger partial charge in [0.05, 0.1) is 22.8 Å². The normalized spacial score (nSPS) is 14.1. The second-order valence-electron chi connectivity index (χ2n) is 8.10. The molecule has 3 aromatic rings. The molecule has 176 valence electrons. The van der Waals surface area contributed by atoms with Crippen molar-refractivity contribution < 1.29 is 14.0 Å². The van der Waals surface area contributed by atoms with Crippen LogP contribution in [0.3, 0.4) is 0 Å². The predicted molar refractivity (Wildman–Crippen MR) is 136 cm³/mol. The lowest BCUT2D eigenvalue weighted by atomic mass is 10.2. The van der Waals surface area contributed by atoms with E-state index in [4.69, 9.17) is 0 Å². The summed E-state index contributed by atoms with van der Waals surface area (Å²) in [5.74, 6) is -1.13. The maximum absolute atomic E-state index is 14.3. The molecule has 0 spiro atoms. The highest BCUT2D eigenvalue weighted by molar-refractivity contribution is 7.14. The molecule has 0 radical (unpaired) electrons. The number of halogens is 1. The van der Waals surface area contributed by atoms with E-state index in [2.05, 4.69) is 15.2 Å². The second kappa shape index (κ2) is 11.1. The Labute approximate surface area is 202 Å². The van der Waals surface area contributed by atoms with Gasteiger partial charge >= 0.3 is 0 Å². The molecule has 2 aromatic carbocycles. The number of nitrogens with one attached hydrogen (secondary N) is 1. The quantitative estimate of drug-likeness (QED) is 0.442. The molecular weight excluding hydrogens is 451 g/mol. The molecule has 6 nitrogen and oxygen atoms in total.